The molecule has 0 fully saturated rings. The lowest BCUT2D eigenvalue weighted by atomic mass is 9.55. The minimum atomic E-state index is -0.289. The van der Waals surface area contributed by atoms with Crippen LogP contribution in [-0.2, 0) is 0 Å². The Kier molecular flexibility index (Phi) is 13.1. The van der Waals surface area contributed by atoms with Gasteiger partial charge < -0.3 is 0 Å². The minimum Gasteiger partial charge on any atom is -0.110 e. The van der Waals surface area contributed by atoms with Crippen molar-refractivity contribution in [1.82, 2.24) is 0 Å². The highest BCUT2D eigenvalue weighted by Gasteiger charge is 2.32. The molecule has 260 valence electrons. The number of rotatable bonds is 3. The molecule has 0 N–H and O–H groups in total. The smallest absolute Gasteiger partial charge is 0.110 e. The average molecular weight is 831 g/mol. The topological polar surface area (TPSA) is 0 Å². The Balaban J connectivity index is 1.74. The van der Waals surface area contributed by atoms with Crippen LogP contribution in [0.25, 0.3) is 87.2 Å². The van der Waals surface area contributed by atoms with Gasteiger partial charge in [0.2, 0.25) is 0 Å². The van der Waals surface area contributed by atoms with E-state index in [2.05, 4.69) is 0 Å². The molecule has 72 heavy (non-hydrogen) atoms. The van der Waals surface area contributed by atoms with Crippen molar-refractivity contribution in [3.8, 4) is 33.4 Å². The molecule has 0 bridgehead atoms. The summed E-state index contributed by atoms with van der Waals surface area (Å²) in [5, 5.41) is -0.126. The quantitative estimate of drug-likeness (QED) is 0.123. The second kappa shape index (κ2) is 17.9. The summed E-state index contributed by atoms with van der Waals surface area (Å²) in [5.41, 5.74) is -5.45. The summed E-state index contributed by atoms with van der Waals surface area (Å²) in [4.78, 5) is 0. The van der Waals surface area contributed by atoms with Gasteiger partial charge in [-0.3, -0.25) is 0 Å². The molecule has 0 atom stereocenters. The summed E-state index contributed by atoms with van der Waals surface area (Å²) < 4.78 is 0. The molecule has 9 rings (SSSR count). The van der Waals surface area contributed by atoms with Crippen LogP contribution >= 0.6 is 0 Å². The van der Waals surface area contributed by atoms with Crippen LogP contribution in [0.3, 0.4) is 0 Å². The largest absolute Gasteiger partial charge is 0.115 e. The highest BCUT2D eigenvalue weighted by atomic mass is 14.3. The van der Waals surface area contributed by atoms with Gasteiger partial charge in [0.1, 0.15) is 220 Å². The van der Waals surface area contributed by atoms with Crippen molar-refractivity contribution in [1.29, 1.82) is 0 Å². The van der Waals surface area contributed by atoms with E-state index in [1.54, 1.807) is 0 Å². The average Bonchev–Trinajstić information content (AvgIpc) is 3.34. The van der Waals surface area contributed by atoms with Gasteiger partial charge in [-0.15, -0.1) is 54.6 Å². The first-order chi connectivity index (χ1) is 33.5. The first-order valence-electron chi connectivity index (χ1n) is 21.1. The zero-order valence-electron chi connectivity index (χ0n) is 38.2. The third-order valence-electron chi connectivity index (χ3n) is 14.1. The molecular weight excluding hydrogens is 831 g/mol. The Morgan fingerprint density at radius 1 is 0.0833 bits per heavy atom. The third kappa shape index (κ3) is 6.72. The van der Waals surface area contributed by atoms with Crippen LogP contribution in [0.2, 0.25) is 0 Å². The van der Waals surface area contributed by atoms with Gasteiger partial charge in [-0.1, -0.05) is 98.3 Å². The SMILES string of the molecule is [B]c1c([B])c([B])c2c([B])c(-c3c4c([B])c([B])c([B])c([B])c4c(-c4c([B])c([B])c([B])c5c([B])c([B])c([B])c([B])c45)c4c([B])c([B])c(-c5c([B])c([B])c([B])c6c([B])c([B])c([B])c([B])c56)c([B])c34)c([B])c([B])c2c1[B]. The molecule has 28 heteroatoms. The molecule has 0 aliphatic heterocycles. The van der Waals surface area contributed by atoms with Crippen molar-refractivity contribution in [3.05, 3.63) is 0 Å². The van der Waals surface area contributed by atoms with Crippen molar-refractivity contribution < 1.29 is 0 Å². The van der Waals surface area contributed by atoms with Gasteiger partial charge in [-0.2, -0.15) is 0 Å². The number of benzene rings is 9. The van der Waals surface area contributed by atoms with Gasteiger partial charge in [-0.25, -0.2) is 0 Å². The zero-order chi connectivity index (χ0) is 53.4. The second-order valence-electron chi connectivity index (χ2n) is 17.6. The van der Waals surface area contributed by atoms with Gasteiger partial charge in [0.15, 0.2) is 0 Å². The molecule has 0 spiro atoms. The van der Waals surface area contributed by atoms with E-state index in [0.717, 1.165) is 0 Å². The number of hydrogen-bond donors (Lipinski definition) is 0. The lowest BCUT2D eigenvalue weighted by molar-refractivity contribution is 1.84. The zero-order valence-corrected chi connectivity index (χ0v) is 38.2. The van der Waals surface area contributed by atoms with Crippen LogP contribution in [0, 0.1) is 0 Å². The highest BCUT2D eigenvalue weighted by molar-refractivity contribution is 6.78. The van der Waals surface area contributed by atoms with E-state index >= 15 is 0 Å². The van der Waals surface area contributed by atoms with Gasteiger partial charge in [-0.05, 0) is 87.2 Å². The maximum Gasteiger partial charge on any atom is 0.115 e. The summed E-state index contributed by atoms with van der Waals surface area (Å²) in [6.45, 7) is 0. The Hall–Kier alpha value is -3.90. The first-order valence-corrected chi connectivity index (χ1v) is 21.1. The molecule has 0 nitrogen and oxygen atoms in total. The summed E-state index contributed by atoms with van der Waals surface area (Å²) >= 11 is 0. The molecule has 56 radical (unpaired) electrons. The van der Waals surface area contributed by atoms with Crippen LogP contribution in [0.1, 0.15) is 0 Å². The van der Waals surface area contributed by atoms with Gasteiger partial charge in [0.05, 0.1) is 0 Å². The monoisotopic (exact) mass is 836 g/mol. The molecule has 0 heterocycles. The maximum absolute atomic E-state index is 7.64. The molecular formula is C44B28. The van der Waals surface area contributed by atoms with Crippen LogP contribution in [0.5, 0.6) is 0 Å². The van der Waals surface area contributed by atoms with Crippen LogP contribution in [-0.4, -0.2) is 220 Å². The normalized spacial score (nSPS) is 11.8. The first kappa shape index (κ1) is 52.9. The number of fused-ring (bicyclic) bond motifs is 5. The van der Waals surface area contributed by atoms with Gasteiger partial charge in [0, 0.05) is 0 Å². The summed E-state index contributed by atoms with van der Waals surface area (Å²) in [5.74, 6) is 0. The number of hydrogen-bond acceptors (Lipinski definition) is 0. The van der Waals surface area contributed by atoms with E-state index in [9.17, 15) is 0 Å². The molecule has 0 aliphatic carbocycles. The Morgan fingerprint density at radius 2 is 0.208 bits per heavy atom. The molecule has 9 aromatic carbocycles. The molecule has 0 saturated carbocycles. The van der Waals surface area contributed by atoms with Crippen molar-refractivity contribution in [3.63, 3.8) is 0 Å². The van der Waals surface area contributed by atoms with Crippen molar-refractivity contribution in [2.24, 2.45) is 0 Å². The lowest BCUT2D eigenvalue weighted by Crippen LogP contribution is -2.53. The van der Waals surface area contributed by atoms with E-state index in [0.29, 0.717) is 0 Å². The van der Waals surface area contributed by atoms with Gasteiger partial charge >= 0.3 is 0 Å². The standard InChI is InChI=1S/C44B28/c45-17-3-2(11-18(46)15-16(28(56)26(11)54)34(62)44(72)43(71)33(15)61)7-5(21(49)37(65)38(66)22(7)50)1(6-8-13(29(57)35(63)20(6)48)31(59)41(69)39(67)24(8)52)4(3)19(47)27(55)12(17)9-10-14(30(58)36(64)23(9)51)32(60)42(70)40(68)25(10)53. The fourth-order valence-corrected chi connectivity index (χ4v) is 10.2. The Labute approximate surface area is 456 Å². The summed E-state index contributed by atoms with van der Waals surface area (Å²) in [6.07, 6.45) is 0. The van der Waals surface area contributed by atoms with Crippen molar-refractivity contribution >= 4 is 427 Å². The molecule has 0 amide bonds. The fraction of sp³-hybridized carbons (Fsp3) is 0. The molecule has 9 aromatic rings. The van der Waals surface area contributed by atoms with Crippen LogP contribution in [0.4, 0.5) is 0 Å². The maximum atomic E-state index is 7.64. The van der Waals surface area contributed by atoms with Crippen molar-refractivity contribution in [2.45, 2.75) is 0 Å². The van der Waals surface area contributed by atoms with Crippen LogP contribution < -0.4 is 153 Å². The second-order valence-corrected chi connectivity index (χ2v) is 17.6. The van der Waals surface area contributed by atoms with E-state index in [1.165, 1.54) is 0 Å². The Bertz CT molecular complexity index is 4110. The lowest BCUT2D eigenvalue weighted by Gasteiger charge is -2.34. The van der Waals surface area contributed by atoms with Crippen LogP contribution in [0.15, 0.2) is 0 Å². The van der Waals surface area contributed by atoms with Gasteiger partial charge in [0.25, 0.3) is 0 Å². The van der Waals surface area contributed by atoms with Crippen molar-refractivity contribution in [2.75, 3.05) is 0 Å². The molecule has 0 saturated heterocycles. The van der Waals surface area contributed by atoms with E-state index in [-0.39, 0.29) is 240 Å². The predicted octanol–water partition coefficient (Wildman–Crippen LogP) is -21.3. The third-order valence-corrected chi connectivity index (χ3v) is 14.1. The minimum absolute atomic E-state index is 0.0101. The summed E-state index contributed by atoms with van der Waals surface area (Å²) in [7, 11) is 191. The Morgan fingerprint density at radius 3 is 0.514 bits per heavy atom. The molecule has 0 aliphatic rings. The summed E-state index contributed by atoms with van der Waals surface area (Å²) in [6, 6.07) is 0. The molecule has 0 unspecified atom stereocenters. The highest BCUT2D eigenvalue weighted by Crippen LogP contribution is 2.42. The van der Waals surface area contributed by atoms with E-state index < -0.39 is 0 Å². The van der Waals surface area contributed by atoms with E-state index in [1.807, 2.05) is 0 Å². The molecule has 0 aromatic heterocycles. The van der Waals surface area contributed by atoms with E-state index in [4.69, 9.17) is 220 Å². The predicted molar refractivity (Wildman–Crippen MR) is 341 cm³/mol. The fourth-order valence-electron chi connectivity index (χ4n) is 10.2.